The van der Waals surface area contributed by atoms with Gasteiger partial charge in [0.15, 0.2) is 0 Å². The summed E-state index contributed by atoms with van der Waals surface area (Å²) in [6, 6.07) is 0. The van der Waals surface area contributed by atoms with Gasteiger partial charge in [0.05, 0.1) is 0 Å². The van der Waals surface area contributed by atoms with Crippen LogP contribution >= 0.6 is 0 Å². The normalized spacial score (nSPS) is 9.83. The highest BCUT2D eigenvalue weighted by atomic mass is 16.5. The van der Waals surface area contributed by atoms with Crippen molar-refractivity contribution in [3.8, 4) is 0 Å². The molecule has 0 aromatic carbocycles. The van der Waals surface area contributed by atoms with E-state index in [1.165, 1.54) is 6.26 Å². The van der Waals surface area contributed by atoms with Gasteiger partial charge < -0.3 is 9.84 Å². The predicted octanol–water partition coefficient (Wildman–Crippen LogP) is 1.72. The lowest BCUT2D eigenvalue weighted by molar-refractivity contribution is -0.116. The minimum absolute atomic E-state index is 0.00352. The Morgan fingerprint density at radius 3 is 3.00 bits per heavy atom. The lowest BCUT2D eigenvalue weighted by atomic mass is 10.3. The molecule has 0 fully saturated rings. The van der Waals surface area contributed by atoms with E-state index < -0.39 is 0 Å². The standard InChI is InChI=1S/C8H12N2O2/c1-3-4-8(11)9-7-5-12-10-6(7)2/h5H,3-4H2,1-2H3,(H,9,11). The van der Waals surface area contributed by atoms with Gasteiger partial charge in [-0.15, -0.1) is 0 Å². The maximum Gasteiger partial charge on any atom is 0.224 e. The smallest absolute Gasteiger partial charge is 0.224 e. The molecule has 4 heteroatoms. The molecule has 0 unspecified atom stereocenters. The zero-order valence-electron chi connectivity index (χ0n) is 7.26. The van der Waals surface area contributed by atoms with Gasteiger partial charge in [-0.2, -0.15) is 0 Å². The lowest BCUT2D eigenvalue weighted by Crippen LogP contribution is -2.10. The monoisotopic (exact) mass is 168 g/mol. The van der Waals surface area contributed by atoms with Crippen LogP contribution in [-0.2, 0) is 4.79 Å². The predicted molar refractivity (Wildman–Crippen MR) is 44.8 cm³/mol. The highest BCUT2D eigenvalue weighted by Crippen LogP contribution is 2.11. The van der Waals surface area contributed by atoms with Gasteiger partial charge in [0, 0.05) is 6.42 Å². The molecular formula is C8H12N2O2. The molecule has 0 aliphatic heterocycles. The molecule has 0 aliphatic carbocycles. The second-order valence-corrected chi connectivity index (χ2v) is 2.61. The van der Waals surface area contributed by atoms with Gasteiger partial charge in [0.25, 0.3) is 0 Å². The maximum absolute atomic E-state index is 11.1. The van der Waals surface area contributed by atoms with Crippen LogP contribution in [0.1, 0.15) is 25.5 Å². The molecule has 0 saturated heterocycles. The van der Waals surface area contributed by atoms with Crippen molar-refractivity contribution in [1.82, 2.24) is 5.16 Å². The second-order valence-electron chi connectivity index (χ2n) is 2.61. The Labute approximate surface area is 70.9 Å². The number of amides is 1. The van der Waals surface area contributed by atoms with Crippen LogP contribution in [0.2, 0.25) is 0 Å². The third-order valence-electron chi connectivity index (χ3n) is 1.50. The van der Waals surface area contributed by atoms with Crippen LogP contribution in [0.4, 0.5) is 5.69 Å². The first kappa shape index (κ1) is 8.77. The fraction of sp³-hybridized carbons (Fsp3) is 0.500. The van der Waals surface area contributed by atoms with Gasteiger partial charge in [-0.05, 0) is 13.3 Å². The van der Waals surface area contributed by atoms with Crippen molar-refractivity contribution in [2.75, 3.05) is 5.32 Å². The van der Waals surface area contributed by atoms with E-state index in [9.17, 15) is 4.79 Å². The van der Waals surface area contributed by atoms with E-state index in [-0.39, 0.29) is 5.91 Å². The summed E-state index contributed by atoms with van der Waals surface area (Å²) in [6.07, 6.45) is 2.81. The van der Waals surface area contributed by atoms with Crippen molar-refractivity contribution in [2.45, 2.75) is 26.7 Å². The van der Waals surface area contributed by atoms with Crippen molar-refractivity contribution in [3.05, 3.63) is 12.0 Å². The molecule has 0 aliphatic rings. The van der Waals surface area contributed by atoms with Gasteiger partial charge >= 0.3 is 0 Å². The van der Waals surface area contributed by atoms with E-state index in [2.05, 4.69) is 15.0 Å². The number of hydrogen-bond acceptors (Lipinski definition) is 3. The average molecular weight is 168 g/mol. The van der Waals surface area contributed by atoms with Gasteiger partial charge in [-0.1, -0.05) is 12.1 Å². The number of aryl methyl sites for hydroxylation is 1. The van der Waals surface area contributed by atoms with Crippen LogP contribution < -0.4 is 5.32 Å². The number of hydrogen-bond donors (Lipinski definition) is 1. The van der Waals surface area contributed by atoms with E-state index in [0.717, 1.165) is 6.42 Å². The molecule has 0 saturated carbocycles. The summed E-state index contributed by atoms with van der Waals surface area (Å²) in [5.74, 6) is 0.00352. The third kappa shape index (κ3) is 2.08. The molecule has 0 atom stereocenters. The van der Waals surface area contributed by atoms with Crippen molar-refractivity contribution in [1.29, 1.82) is 0 Å². The SMILES string of the molecule is CCCC(=O)Nc1conc1C. The molecular weight excluding hydrogens is 156 g/mol. The Morgan fingerprint density at radius 1 is 1.75 bits per heavy atom. The first-order valence-corrected chi connectivity index (χ1v) is 3.95. The van der Waals surface area contributed by atoms with Crippen LogP contribution in [-0.4, -0.2) is 11.1 Å². The zero-order chi connectivity index (χ0) is 8.97. The molecule has 1 heterocycles. The molecule has 12 heavy (non-hydrogen) atoms. The van der Waals surface area contributed by atoms with E-state index in [0.29, 0.717) is 17.8 Å². The number of anilines is 1. The Morgan fingerprint density at radius 2 is 2.50 bits per heavy atom. The quantitative estimate of drug-likeness (QED) is 0.747. The topological polar surface area (TPSA) is 55.1 Å². The van der Waals surface area contributed by atoms with Gasteiger partial charge in [-0.3, -0.25) is 4.79 Å². The number of nitrogens with one attached hydrogen (secondary N) is 1. The number of nitrogens with zero attached hydrogens (tertiary/aromatic N) is 1. The minimum Gasteiger partial charge on any atom is -0.362 e. The van der Waals surface area contributed by atoms with Crippen LogP contribution in [0.25, 0.3) is 0 Å². The largest absolute Gasteiger partial charge is 0.362 e. The van der Waals surface area contributed by atoms with Crippen LogP contribution in [0.5, 0.6) is 0 Å². The Hall–Kier alpha value is -1.32. The van der Waals surface area contributed by atoms with Gasteiger partial charge in [0.2, 0.25) is 5.91 Å². The minimum atomic E-state index is 0.00352. The highest BCUT2D eigenvalue weighted by Gasteiger charge is 2.05. The average Bonchev–Trinajstić information content (AvgIpc) is 2.37. The van der Waals surface area contributed by atoms with Crippen LogP contribution in [0.15, 0.2) is 10.8 Å². The summed E-state index contributed by atoms with van der Waals surface area (Å²) in [7, 11) is 0. The molecule has 66 valence electrons. The van der Waals surface area contributed by atoms with E-state index in [1.807, 2.05) is 6.92 Å². The summed E-state index contributed by atoms with van der Waals surface area (Å²) in [6.45, 7) is 3.74. The van der Waals surface area contributed by atoms with Crippen molar-refractivity contribution < 1.29 is 9.32 Å². The summed E-state index contributed by atoms with van der Waals surface area (Å²) in [4.78, 5) is 11.1. The zero-order valence-corrected chi connectivity index (χ0v) is 7.26. The summed E-state index contributed by atoms with van der Waals surface area (Å²) in [5.41, 5.74) is 1.37. The van der Waals surface area contributed by atoms with E-state index in [1.54, 1.807) is 6.92 Å². The van der Waals surface area contributed by atoms with Gasteiger partial charge in [-0.25, -0.2) is 0 Å². The first-order valence-electron chi connectivity index (χ1n) is 3.95. The molecule has 0 bridgehead atoms. The molecule has 1 amide bonds. The second kappa shape index (κ2) is 3.90. The van der Waals surface area contributed by atoms with Crippen LogP contribution in [0, 0.1) is 6.92 Å². The van der Waals surface area contributed by atoms with E-state index >= 15 is 0 Å². The number of carbonyl (C=O) groups is 1. The van der Waals surface area contributed by atoms with Crippen molar-refractivity contribution >= 4 is 11.6 Å². The Kier molecular flexibility index (Phi) is 2.85. The molecule has 0 radical (unpaired) electrons. The molecule has 1 aromatic rings. The van der Waals surface area contributed by atoms with Crippen molar-refractivity contribution in [2.24, 2.45) is 0 Å². The number of rotatable bonds is 3. The number of carbonyl (C=O) groups excluding carboxylic acids is 1. The summed E-state index contributed by atoms with van der Waals surface area (Å²) >= 11 is 0. The molecule has 1 aromatic heterocycles. The number of aromatic nitrogens is 1. The Balaban J connectivity index is 2.52. The van der Waals surface area contributed by atoms with Gasteiger partial charge in [0.1, 0.15) is 17.6 Å². The van der Waals surface area contributed by atoms with Crippen LogP contribution in [0.3, 0.4) is 0 Å². The summed E-state index contributed by atoms with van der Waals surface area (Å²) < 4.78 is 4.66. The molecule has 4 nitrogen and oxygen atoms in total. The fourth-order valence-electron chi connectivity index (χ4n) is 0.852. The molecule has 1 N–H and O–H groups in total. The van der Waals surface area contributed by atoms with E-state index in [4.69, 9.17) is 0 Å². The third-order valence-corrected chi connectivity index (χ3v) is 1.50. The molecule has 1 rings (SSSR count). The lowest BCUT2D eigenvalue weighted by Gasteiger charge is -1.99. The maximum atomic E-state index is 11.1. The highest BCUT2D eigenvalue weighted by molar-refractivity contribution is 5.90. The fourth-order valence-corrected chi connectivity index (χ4v) is 0.852. The Bertz CT molecular complexity index is 268. The van der Waals surface area contributed by atoms with Crippen molar-refractivity contribution in [3.63, 3.8) is 0 Å². The molecule has 0 spiro atoms. The summed E-state index contributed by atoms with van der Waals surface area (Å²) in [5, 5.41) is 6.34. The first-order chi connectivity index (χ1) is 5.74.